The molecule has 4 rings (SSSR count). The number of hydrogen-bond acceptors (Lipinski definition) is 9. The van der Waals surface area contributed by atoms with E-state index in [0.717, 1.165) is 37.6 Å². The van der Waals surface area contributed by atoms with E-state index in [1.807, 2.05) is 32.0 Å². The minimum atomic E-state index is -0.994. The number of anilines is 2. The predicted molar refractivity (Wildman–Crippen MR) is 122 cm³/mol. The Balaban J connectivity index is 1.68. The fourth-order valence-corrected chi connectivity index (χ4v) is 3.61. The highest BCUT2D eigenvalue weighted by molar-refractivity contribution is 5.73. The van der Waals surface area contributed by atoms with Crippen LogP contribution in [0.4, 0.5) is 11.6 Å². The van der Waals surface area contributed by atoms with Gasteiger partial charge in [0.05, 0.1) is 0 Å². The van der Waals surface area contributed by atoms with Crippen molar-refractivity contribution in [3.63, 3.8) is 0 Å². The fourth-order valence-electron chi connectivity index (χ4n) is 3.61. The van der Waals surface area contributed by atoms with Gasteiger partial charge in [-0.1, -0.05) is 13.0 Å². The molecule has 2 aromatic rings. The number of aliphatic hydroxyl groups is 1. The van der Waals surface area contributed by atoms with Crippen molar-refractivity contribution in [1.29, 1.82) is 0 Å². The number of piperazine rings is 1. The number of allylic oxidation sites excluding steroid dienone is 1. The van der Waals surface area contributed by atoms with Gasteiger partial charge in [0.2, 0.25) is 0 Å². The van der Waals surface area contributed by atoms with E-state index in [2.05, 4.69) is 25.5 Å². The number of pyridine rings is 1. The second-order valence-corrected chi connectivity index (χ2v) is 7.51. The minimum Gasteiger partial charge on any atom is -0.370 e. The van der Waals surface area contributed by atoms with Gasteiger partial charge >= 0.3 is 0 Å². The maximum absolute atomic E-state index is 11.0. The predicted octanol–water partition coefficient (Wildman–Crippen LogP) is 1.11. The number of nitrogens with zero attached hydrogens (tertiary/aromatic N) is 6. The minimum absolute atomic E-state index is 0.520. The molecule has 4 heterocycles. The van der Waals surface area contributed by atoms with Gasteiger partial charge in [0.15, 0.2) is 17.9 Å². The van der Waals surface area contributed by atoms with Crippen LogP contribution in [0.25, 0.3) is 5.82 Å². The number of nitrogens with one attached hydrogen (secondary N) is 2. The molecular weight excluding hydrogens is 394 g/mol. The summed E-state index contributed by atoms with van der Waals surface area (Å²) < 4.78 is 1.72. The monoisotopic (exact) mass is 423 g/mol. The lowest BCUT2D eigenvalue weighted by molar-refractivity contribution is 0.229. The third kappa shape index (κ3) is 4.61. The maximum Gasteiger partial charge on any atom is 0.155 e. The van der Waals surface area contributed by atoms with Crippen LogP contribution in [-0.2, 0) is 0 Å². The smallest absolute Gasteiger partial charge is 0.155 e. The number of aromatic nitrogens is 3. The van der Waals surface area contributed by atoms with Crippen molar-refractivity contribution in [2.75, 3.05) is 36.4 Å². The molecule has 10 heteroatoms. The van der Waals surface area contributed by atoms with E-state index in [9.17, 15) is 5.11 Å². The summed E-state index contributed by atoms with van der Waals surface area (Å²) in [6.07, 6.45) is 6.48. The lowest BCUT2D eigenvalue weighted by Crippen LogP contribution is -2.43. The highest BCUT2D eigenvalue weighted by Crippen LogP contribution is 2.26. The van der Waals surface area contributed by atoms with E-state index in [-0.39, 0.29) is 0 Å². The van der Waals surface area contributed by atoms with Crippen molar-refractivity contribution < 1.29 is 5.11 Å². The number of aryl methyl sites for hydroxylation is 1. The Bertz CT molecular complexity index is 987. The van der Waals surface area contributed by atoms with Crippen LogP contribution in [0.15, 0.2) is 53.1 Å². The Hall–Kier alpha value is -3.21. The summed E-state index contributed by atoms with van der Waals surface area (Å²) in [6.45, 7) is 7.50. The molecule has 31 heavy (non-hydrogen) atoms. The Labute approximate surface area is 181 Å². The summed E-state index contributed by atoms with van der Waals surface area (Å²) in [5.74, 6) is 8.69. The Morgan fingerprint density at radius 1 is 1.29 bits per heavy atom. The Morgan fingerprint density at radius 3 is 2.77 bits per heavy atom. The summed E-state index contributed by atoms with van der Waals surface area (Å²) >= 11 is 0. The van der Waals surface area contributed by atoms with Gasteiger partial charge in [0, 0.05) is 56.4 Å². The second kappa shape index (κ2) is 9.29. The van der Waals surface area contributed by atoms with Crippen LogP contribution in [0.3, 0.4) is 0 Å². The van der Waals surface area contributed by atoms with Crippen molar-refractivity contribution >= 4 is 17.9 Å². The Kier molecular flexibility index (Phi) is 6.31. The molecular formula is C21H29N9O. The number of aliphatic hydroxyl groups excluding tert-OH is 1. The zero-order valence-corrected chi connectivity index (χ0v) is 17.9. The van der Waals surface area contributed by atoms with Crippen LogP contribution in [0, 0.1) is 6.92 Å². The summed E-state index contributed by atoms with van der Waals surface area (Å²) in [4.78, 5) is 11.1. The SMILES string of the molecule is CC/C(=C1/N=CC=CN1N)C(O)Nc1cc(N2CCNCC2)nn1-c1ccc(C)cn1. The standard InChI is InChI=1S/C21H29N9O/c1-3-16(20-24-7-4-10-29(20)22)21(31)26-18-13-19(28-11-8-23-9-12-28)27-30(18)17-6-5-15(2)14-25-17/h4-7,10,13-14,21,23,26,31H,3,8-9,11-12,22H2,1-2H3/b20-16+. The molecule has 1 atom stereocenters. The van der Waals surface area contributed by atoms with Crippen LogP contribution in [0.2, 0.25) is 0 Å². The molecule has 2 aliphatic heterocycles. The van der Waals surface area contributed by atoms with E-state index < -0.39 is 6.23 Å². The molecule has 0 aliphatic carbocycles. The summed E-state index contributed by atoms with van der Waals surface area (Å²) in [5, 5.41) is 23.8. The molecule has 1 fully saturated rings. The third-order valence-electron chi connectivity index (χ3n) is 5.31. The molecule has 2 aliphatic rings. The van der Waals surface area contributed by atoms with Gasteiger partial charge in [-0.15, -0.1) is 5.10 Å². The first kappa shape index (κ1) is 21.0. The van der Waals surface area contributed by atoms with Crippen molar-refractivity contribution in [2.24, 2.45) is 10.8 Å². The molecule has 1 saturated heterocycles. The number of hydrogen-bond donors (Lipinski definition) is 4. The zero-order chi connectivity index (χ0) is 21.8. The molecule has 2 aromatic heterocycles. The van der Waals surface area contributed by atoms with Gasteiger partial charge in [-0.05, 0) is 31.1 Å². The molecule has 0 spiro atoms. The summed E-state index contributed by atoms with van der Waals surface area (Å²) in [5.41, 5.74) is 1.74. The van der Waals surface area contributed by atoms with Crippen molar-refractivity contribution in [2.45, 2.75) is 26.5 Å². The van der Waals surface area contributed by atoms with Crippen LogP contribution >= 0.6 is 0 Å². The fraction of sp³-hybridized carbons (Fsp3) is 0.381. The number of rotatable bonds is 6. The quantitative estimate of drug-likeness (QED) is 0.403. The van der Waals surface area contributed by atoms with Gasteiger partial charge in [0.1, 0.15) is 11.6 Å². The normalized spacial score (nSPS) is 19.0. The third-order valence-corrected chi connectivity index (χ3v) is 5.31. The zero-order valence-electron chi connectivity index (χ0n) is 17.9. The molecule has 0 bridgehead atoms. The van der Waals surface area contributed by atoms with Gasteiger partial charge in [0.25, 0.3) is 0 Å². The van der Waals surface area contributed by atoms with Crippen LogP contribution < -0.4 is 21.4 Å². The summed E-state index contributed by atoms with van der Waals surface area (Å²) in [7, 11) is 0. The van der Waals surface area contributed by atoms with E-state index in [1.165, 1.54) is 5.01 Å². The Morgan fingerprint density at radius 2 is 2.10 bits per heavy atom. The summed E-state index contributed by atoms with van der Waals surface area (Å²) in [6, 6.07) is 5.85. The first-order valence-electron chi connectivity index (χ1n) is 10.5. The first-order chi connectivity index (χ1) is 15.1. The van der Waals surface area contributed by atoms with E-state index >= 15 is 0 Å². The molecule has 164 valence electrons. The van der Waals surface area contributed by atoms with Gasteiger partial charge in [-0.2, -0.15) is 4.68 Å². The first-order valence-corrected chi connectivity index (χ1v) is 10.5. The van der Waals surface area contributed by atoms with Crippen LogP contribution in [0.5, 0.6) is 0 Å². The average molecular weight is 424 g/mol. The van der Waals surface area contributed by atoms with Crippen molar-refractivity contribution in [1.82, 2.24) is 25.1 Å². The van der Waals surface area contributed by atoms with Gasteiger partial charge < -0.3 is 20.6 Å². The molecule has 10 nitrogen and oxygen atoms in total. The largest absolute Gasteiger partial charge is 0.370 e. The molecule has 5 N–H and O–H groups in total. The van der Waals surface area contributed by atoms with E-state index in [4.69, 9.17) is 10.9 Å². The van der Waals surface area contributed by atoms with Crippen molar-refractivity contribution in [3.8, 4) is 5.82 Å². The molecule has 0 radical (unpaired) electrons. The van der Waals surface area contributed by atoms with Gasteiger partial charge in [-0.25, -0.2) is 15.8 Å². The van der Waals surface area contributed by atoms with E-state index in [1.54, 1.807) is 29.4 Å². The molecule has 1 unspecified atom stereocenters. The van der Waals surface area contributed by atoms with Gasteiger partial charge in [-0.3, -0.25) is 5.01 Å². The number of aliphatic imine (C=N–C) groups is 1. The topological polar surface area (TPSA) is 120 Å². The molecule has 0 saturated carbocycles. The molecule has 0 amide bonds. The van der Waals surface area contributed by atoms with E-state index in [0.29, 0.717) is 29.5 Å². The van der Waals surface area contributed by atoms with Crippen LogP contribution in [-0.4, -0.2) is 63.5 Å². The lowest BCUT2D eigenvalue weighted by atomic mass is 10.1. The van der Waals surface area contributed by atoms with Crippen molar-refractivity contribution in [3.05, 3.63) is 53.6 Å². The number of nitrogens with two attached hydrogens (primary N) is 1. The number of hydrazine groups is 1. The average Bonchev–Trinajstić information content (AvgIpc) is 3.20. The van der Waals surface area contributed by atoms with Crippen LogP contribution in [0.1, 0.15) is 18.9 Å². The second-order valence-electron chi connectivity index (χ2n) is 7.51. The highest BCUT2D eigenvalue weighted by atomic mass is 16.3. The highest BCUT2D eigenvalue weighted by Gasteiger charge is 2.22. The maximum atomic E-state index is 11.0. The molecule has 0 aromatic carbocycles. The lowest BCUT2D eigenvalue weighted by Gasteiger charge is -2.27.